The summed E-state index contributed by atoms with van der Waals surface area (Å²) in [6.45, 7) is 6.99. The van der Waals surface area contributed by atoms with Gasteiger partial charge >= 0.3 is 0 Å². The quantitative estimate of drug-likeness (QED) is 0.571. The first-order valence-corrected chi connectivity index (χ1v) is 6.71. The molecule has 106 valence electrons. The summed E-state index contributed by atoms with van der Waals surface area (Å²) in [5.41, 5.74) is 5.44. The molecule has 0 heterocycles. The highest BCUT2D eigenvalue weighted by Crippen LogP contribution is 2.08. The summed E-state index contributed by atoms with van der Waals surface area (Å²) in [7, 11) is 0. The lowest BCUT2D eigenvalue weighted by Gasteiger charge is -2.11. The van der Waals surface area contributed by atoms with Crippen LogP contribution < -0.4 is 16.4 Å². The molecule has 0 radical (unpaired) electrons. The Bertz CT molecular complexity index is 255. The fourth-order valence-corrected chi connectivity index (χ4v) is 1.60. The van der Waals surface area contributed by atoms with Crippen molar-refractivity contribution < 1.29 is 9.59 Å². The van der Waals surface area contributed by atoms with E-state index in [1.807, 2.05) is 13.8 Å². The van der Waals surface area contributed by atoms with E-state index in [9.17, 15) is 9.59 Å². The van der Waals surface area contributed by atoms with E-state index >= 15 is 0 Å². The number of carbonyl (C=O) groups excluding carboxylic acids is 2. The fourth-order valence-electron chi connectivity index (χ4n) is 1.60. The standard InChI is InChI=1S/C13H27N3O2/c1-10(2)16-13(18)7-9-15-12(17)5-4-11(3)6-8-14/h10-11H,4-9,14H2,1-3H3,(H,15,17)(H,16,18). The monoisotopic (exact) mass is 257 g/mol. The van der Waals surface area contributed by atoms with Gasteiger partial charge in [-0.2, -0.15) is 0 Å². The summed E-state index contributed by atoms with van der Waals surface area (Å²) in [6, 6.07) is 0.144. The Morgan fingerprint density at radius 1 is 1.06 bits per heavy atom. The number of carbonyl (C=O) groups is 2. The molecule has 1 atom stereocenters. The van der Waals surface area contributed by atoms with Gasteiger partial charge in [0.1, 0.15) is 0 Å². The Labute approximate surface area is 110 Å². The predicted octanol–water partition coefficient (Wildman–Crippen LogP) is 0.782. The van der Waals surface area contributed by atoms with Gasteiger partial charge in [0.2, 0.25) is 11.8 Å². The van der Waals surface area contributed by atoms with Crippen LogP contribution in [0, 0.1) is 5.92 Å². The van der Waals surface area contributed by atoms with Crippen molar-refractivity contribution >= 4 is 11.8 Å². The summed E-state index contributed by atoms with van der Waals surface area (Å²) in [5.74, 6) is 0.461. The summed E-state index contributed by atoms with van der Waals surface area (Å²) >= 11 is 0. The van der Waals surface area contributed by atoms with Crippen molar-refractivity contribution in [2.45, 2.75) is 52.5 Å². The smallest absolute Gasteiger partial charge is 0.221 e. The Hall–Kier alpha value is -1.10. The van der Waals surface area contributed by atoms with Crippen LogP contribution in [-0.2, 0) is 9.59 Å². The van der Waals surface area contributed by atoms with Crippen molar-refractivity contribution in [3.8, 4) is 0 Å². The average Bonchev–Trinajstić information content (AvgIpc) is 2.25. The molecule has 0 saturated carbocycles. The average molecular weight is 257 g/mol. The second-order valence-electron chi connectivity index (χ2n) is 5.04. The molecule has 0 saturated heterocycles. The fraction of sp³-hybridized carbons (Fsp3) is 0.846. The van der Waals surface area contributed by atoms with E-state index in [1.165, 1.54) is 0 Å². The molecule has 1 unspecified atom stereocenters. The van der Waals surface area contributed by atoms with Crippen LogP contribution in [0.3, 0.4) is 0 Å². The van der Waals surface area contributed by atoms with Crippen LogP contribution in [0.4, 0.5) is 0 Å². The first kappa shape index (κ1) is 16.9. The van der Waals surface area contributed by atoms with Crippen LogP contribution in [0.15, 0.2) is 0 Å². The van der Waals surface area contributed by atoms with E-state index in [0.29, 0.717) is 31.8 Å². The molecule has 5 heteroatoms. The molecule has 0 rings (SSSR count). The van der Waals surface area contributed by atoms with Crippen molar-refractivity contribution in [2.24, 2.45) is 11.7 Å². The van der Waals surface area contributed by atoms with Gasteiger partial charge in [-0.25, -0.2) is 0 Å². The molecule has 5 nitrogen and oxygen atoms in total. The second-order valence-corrected chi connectivity index (χ2v) is 5.04. The molecule has 0 aliphatic carbocycles. The van der Waals surface area contributed by atoms with Crippen molar-refractivity contribution in [2.75, 3.05) is 13.1 Å². The van der Waals surface area contributed by atoms with Gasteiger partial charge in [0.05, 0.1) is 0 Å². The molecule has 0 bridgehead atoms. The zero-order chi connectivity index (χ0) is 14.0. The highest BCUT2D eigenvalue weighted by Gasteiger charge is 2.07. The SMILES string of the molecule is CC(CCN)CCC(=O)NCCC(=O)NC(C)C. The van der Waals surface area contributed by atoms with Crippen LogP contribution in [-0.4, -0.2) is 30.9 Å². The molecule has 0 aromatic carbocycles. The Balaban J connectivity index is 3.56. The maximum atomic E-state index is 11.5. The molecule has 0 fully saturated rings. The first-order valence-electron chi connectivity index (χ1n) is 6.71. The minimum absolute atomic E-state index is 0.0104. The van der Waals surface area contributed by atoms with Crippen LogP contribution in [0.5, 0.6) is 0 Å². The molecule has 2 amide bonds. The second kappa shape index (κ2) is 9.88. The van der Waals surface area contributed by atoms with Gasteiger partial charge < -0.3 is 16.4 Å². The summed E-state index contributed by atoms with van der Waals surface area (Å²) in [5, 5.41) is 5.53. The van der Waals surface area contributed by atoms with Crippen molar-refractivity contribution in [3.63, 3.8) is 0 Å². The van der Waals surface area contributed by atoms with Gasteiger partial charge in [-0.1, -0.05) is 6.92 Å². The van der Waals surface area contributed by atoms with Crippen LogP contribution >= 0.6 is 0 Å². The first-order chi connectivity index (χ1) is 8.45. The maximum absolute atomic E-state index is 11.5. The Morgan fingerprint density at radius 2 is 1.72 bits per heavy atom. The normalized spacial score (nSPS) is 12.3. The number of nitrogens with two attached hydrogens (primary N) is 1. The van der Waals surface area contributed by atoms with Gasteiger partial charge in [0.25, 0.3) is 0 Å². The van der Waals surface area contributed by atoms with Crippen LogP contribution in [0.2, 0.25) is 0 Å². The van der Waals surface area contributed by atoms with Crippen molar-refractivity contribution in [3.05, 3.63) is 0 Å². The number of amides is 2. The third kappa shape index (κ3) is 10.1. The molecular formula is C13H27N3O2. The Kier molecular flexibility index (Phi) is 9.28. The molecule has 4 N–H and O–H groups in total. The Morgan fingerprint density at radius 3 is 2.28 bits per heavy atom. The minimum atomic E-state index is -0.0261. The maximum Gasteiger partial charge on any atom is 0.221 e. The number of rotatable bonds is 9. The lowest BCUT2D eigenvalue weighted by atomic mass is 10.0. The van der Waals surface area contributed by atoms with E-state index in [2.05, 4.69) is 17.6 Å². The predicted molar refractivity (Wildman–Crippen MR) is 73.0 cm³/mol. The third-order valence-corrected chi connectivity index (χ3v) is 2.65. The third-order valence-electron chi connectivity index (χ3n) is 2.65. The topological polar surface area (TPSA) is 84.2 Å². The van der Waals surface area contributed by atoms with E-state index in [-0.39, 0.29) is 17.9 Å². The number of nitrogens with one attached hydrogen (secondary N) is 2. The van der Waals surface area contributed by atoms with Crippen molar-refractivity contribution in [1.82, 2.24) is 10.6 Å². The number of hydrogen-bond donors (Lipinski definition) is 3. The molecule has 0 aliphatic heterocycles. The molecule has 0 aromatic heterocycles. The van der Waals surface area contributed by atoms with Gasteiger partial charge in [-0.15, -0.1) is 0 Å². The molecule has 18 heavy (non-hydrogen) atoms. The highest BCUT2D eigenvalue weighted by molar-refractivity contribution is 5.79. The molecule has 0 aliphatic rings. The van der Waals surface area contributed by atoms with Gasteiger partial charge in [0, 0.05) is 25.4 Å². The minimum Gasteiger partial charge on any atom is -0.356 e. The number of hydrogen-bond acceptors (Lipinski definition) is 3. The van der Waals surface area contributed by atoms with E-state index in [0.717, 1.165) is 12.8 Å². The van der Waals surface area contributed by atoms with Crippen LogP contribution in [0.25, 0.3) is 0 Å². The van der Waals surface area contributed by atoms with Crippen LogP contribution in [0.1, 0.15) is 46.5 Å². The molecular weight excluding hydrogens is 230 g/mol. The van der Waals surface area contributed by atoms with Gasteiger partial charge in [-0.3, -0.25) is 9.59 Å². The zero-order valence-corrected chi connectivity index (χ0v) is 11.8. The lowest BCUT2D eigenvalue weighted by molar-refractivity contribution is -0.122. The van der Waals surface area contributed by atoms with E-state index < -0.39 is 0 Å². The highest BCUT2D eigenvalue weighted by atomic mass is 16.2. The summed E-state index contributed by atoms with van der Waals surface area (Å²) in [6.07, 6.45) is 2.64. The van der Waals surface area contributed by atoms with Gasteiger partial charge in [-0.05, 0) is 39.2 Å². The zero-order valence-electron chi connectivity index (χ0n) is 11.8. The largest absolute Gasteiger partial charge is 0.356 e. The molecule has 0 spiro atoms. The lowest BCUT2D eigenvalue weighted by Crippen LogP contribution is -2.34. The van der Waals surface area contributed by atoms with Gasteiger partial charge in [0.15, 0.2) is 0 Å². The summed E-state index contributed by atoms with van der Waals surface area (Å²) < 4.78 is 0. The van der Waals surface area contributed by atoms with Crippen molar-refractivity contribution in [1.29, 1.82) is 0 Å². The molecule has 0 aromatic rings. The van der Waals surface area contributed by atoms with E-state index in [4.69, 9.17) is 5.73 Å². The van der Waals surface area contributed by atoms with E-state index in [1.54, 1.807) is 0 Å². The summed E-state index contributed by atoms with van der Waals surface area (Å²) in [4.78, 5) is 22.8.